The van der Waals surface area contributed by atoms with E-state index in [1.165, 1.54) is 6.92 Å². The molecule has 6 heteroatoms. The summed E-state index contributed by atoms with van der Waals surface area (Å²) in [7, 11) is 0. The van der Waals surface area contributed by atoms with Crippen molar-refractivity contribution in [2.24, 2.45) is 5.92 Å². The van der Waals surface area contributed by atoms with Gasteiger partial charge in [-0.3, -0.25) is 14.4 Å². The molecule has 0 fully saturated rings. The number of ether oxygens (including phenoxy) is 1. The second-order valence-electron chi connectivity index (χ2n) is 6.48. The van der Waals surface area contributed by atoms with Gasteiger partial charge in [0.2, 0.25) is 0 Å². The number of amides is 1. The van der Waals surface area contributed by atoms with Crippen LogP contribution in [0.4, 0.5) is 0 Å². The number of benzene rings is 1. The zero-order chi connectivity index (χ0) is 18.5. The number of ketones is 1. The summed E-state index contributed by atoms with van der Waals surface area (Å²) in [5, 5.41) is 11.8. The van der Waals surface area contributed by atoms with Crippen LogP contribution in [-0.4, -0.2) is 34.4 Å². The number of carboxylic acid groups (broad SMARTS) is 1. The predicted octanol–water partition coefficient (Wildman–Crippen LogP) is 2.66. The lowest BCUT2D eigenvalue weighted by atomic mass is 9.85. The van der Waals surface area contributed by atoms with Crippen LogP contribution in [0.25, 0.3) is 0 Å². The first kappa shape index (κ1) is 19.7. The maximum atomic E-state index is 12.4. The molecular weight excluding hydrogens is 310 g/mol. The fourth-order valence-corrected chi connectivity index (χ4v) is 2.14. The minimum absolute atomic E-state index is 0.0641. The zero-order valence-electron chi connectivity index (χ0n) is 14.8. The first-order valence-corrected chi connectivity index (χ1v) is 7.86. The van der Waals surface area contributed by atoms with Gasteiger partial charge in [-0.25, -0.2) is 0 Å². The van der Waals surface area contributed by atoms with Crippen molar-refractivity contribution in [3.8, 4) is 5.75 Å². The van der Waals surface area contributed by atoms with E-state index in [4.69, 9.17) is 9.84 Å². The molecule has 0 heterocycles. The number of carbonyl (C=O) groups excluding carboxylic acids is 2. The highest BCUT2D eigenvalue weighted by molar-refractivity contribution is 5.94. The number of rotatable bonds is 8. The molecule has 0 saturated carbocycles. The molecule has 1 aromatic carbocycles. The second kappa shape index (κ2) is 7.95. The Bertz CT molecular complexity index is 626. The van der Waals surface area contributed by atoms with Crippen LogP contribution in [0.3, 0.4) is 0 Å². The third-order valence-electron chi connectivity index (χ3n) is 4.12. The Morgan fingerprint density at radius 3 is 2.38 bits per heavy atom. The maximum Gasteiger partial charge on any atom is 0.305 e. The van der Waals surface area contributed by atoms with Gasteiger partial charge >= 0.3 is 5.97 Å². The number of nitrogens with one attached hydrogen (secondary N) is 1. The van der Waals surface area contributed by atoms with Gasteiger partial charge in [-0.15, -0.1) is 0 Å². The summed E-state index contributed by atoms with van der Waals surface area (Å²) in [4.78, 5) is 34.8. The van der Waals surface area contributed by atoms with Gasteiger partial charge in [0.1, 0.15) is 5.75 Å². The summed E-state index contributed by atoms with van der Waals surface area (Å²) in [6, 6.07) is 6.59. The molecule has 0 aliphatic heterocycles. The highest BCUT2D eigenvalue weighted by Gasteiger charge is 2.34. The molecule has 0 aliphatic rings. The van der Waals surface area contributed by atoms with Crippen molar-refractivity contribution >= 4 is 17.7 Å². The van der Waals surface area contributed by atoms with Crippen molar-refractivity contribution in [3.63, 3.8) is 0 Å². The molecule has 0 aliphatic carbocycles. The Hall–Kier alpha value is -2.37. The number of aliphatic carboxylic acids is 1. The van der Waals surface area contributed by atoms with E-state index in [0.717, 1.165) is 0 Å². The van der Waals surface area contributed by atoms with Gasteiger partial charge in [-0.2, -0.15) is 0 Å². The summed E-state index contributed by atoms with van der Waals surface area (Å²) >= 11 is 0. The minimum Gasteiger partial charge on any atom is -0.481 e. The fourth-order valence-electron chi connectivity index (χ4n) is 2.14. The third-order valence-corrected chi connectivity index (χ3v) is 4.12. The van der Waals surface area contributed by atoms with Gasteiger partial charge in [-0.1, -0.05) is 26.0 Å². The lowest BCUT2D eigenvalue weighted by molar-refractivity contribution is -0.140. The van der Waals surface area contributed by atoms with Crippen LogP contribution in [0.5, 0.6) is 5.75 Å². The molecule has 0 radical (unpaired) electrons. The first-order chi connectivity index (χ1) is 11.0. The van der Waals surface area contributed by atoms with Crippen LogP contribution >= 0.6 is 0 Å². The molecule has 1 aromatic rings. The van der Waals surface area contributed by atoms with Gasteiger partial charge in [-0.05, 0) is 38.8 Å². The summed E-state index contributed by atoms with van der Waals surface area (Å²) < 4.78 is 5.59. The zero-order valence-corrected chi connectivity index (χ0v) is 14.8. The Morgan fingerprint density at radius 1 is 1.25 bits per heavy atom. The normalized spacial score (nSPS) is 14.6. The average Bonchev–Trinajstić information content (AvgIpc) is 2.46. The SMILES string of the molecule is CC(=O)c1cccc(OC(C)C(=O)NC(C)(CC(=O)O)C(C)C)c1. The lowest BCUT2D eigenvalue weighted by Gasteiger charge is -2.34. The molecule has 1 rings (SSSR count). The van der Waals surface area contributed by atoms with Gasteiger partial charge in [0.15, 0.2) is 11.9 Å². The van der Waals surface area contributed by atoms with E-state index in [1.807, 2.05) is 13.8 Å². The van der Waals surface area contributed by atoms with Gasteiger partial charge in [0, 0.05) is 5.56 Å². The molecule has 0 saturated heterocycles. The van der Waals surface area contributed by atoms with Crippen molar-refractivity contribution in [2.75, 3.05) is 0 Å². The van der Waals surface area contributed by atoms with Crippen LogP contribution in [0.1, 0.15) is 51.4 Å². The largest absolute Gasteiger partial charge is 0.481 e. The van der Waals surface area contributed by atoms with E-state index in [9.17, 15) is 14.4 Å². The van der Waals surface area contributed by atoms with Crippen molar-refractivity contribution in [1.29, 1.82) is 0 Å². The van der Waals surface area contributed by atoms with Crippen LogP contribution in [0.15, 0.2) is 24.3 Å². The van der Waals surface area contributed by atoms with E-state index in [0.29, 0.717) is 11.3 Å². The molecular formula is C18H25NO5. The summed E-state index contributed by atoms with van der Waals surface area (Å²) in [5.41, 5.74) is -0.375. The van der Waals surface area contributed by atoms with Crippen molar-refractivity contribution < 1.29 is 24.2 Å². The molecule has 0 bridgehead atoms. The third kappa shape index (κ3) is 5.37. The Kier molecular flexibility index (Phi) is 6.51. The lowest BCUT2D eigenvalue weighted by Crippen LogP contribution is -2.54. The van der Waals surface area contributed by atoms with Crippen LogP contribution < -0.4 is 10.1 Å². The quantitative estimate of drug-likeness (QED) is 0.713. The molecule has 6 nitrogen and oxygen atoms in total. The van der Waals surface area contributed by atoms with Gasteiger partial charge in [0.05, 0.1) is 12.0 Å². The van der Waals surface area contributed by atoms with Crippen molar-refractivity contribution in [3.05, 3.63) is 29.8 Å². The molecule has 2 atom stereocenters. The molecule has 2 unspecified atom stereocenters. The van der Waals surface area contributed by atoms with Crippen LogP contribution in [-0.2, 0) is 9.59 Å². The molecule has 1 amide bonds. The minimum atomic E-state index is -0.978. The predicted molar refractivity (Wildman–Crippen MR) is 90.2 cm³/mol. The number of carbonyl (C=O) groups is 3. The molecule has 0 aromatic heterocycles. The van der Waals surface area contributed by atoms with Crippen LogP contribution in [0, 0.1) is 5.92 Å². The summed E-state index contributed by atoms with van der Waals surface area (Å²) in [5.74, 6) is -1.12. The number of hydrogen-bond donors (Lipinski definition) is 2. The number of hydrogen-bond acceptors (Lipinski definition) is 4. The summed E-state index contributed by atoms with van der Waals surface area (Å²) in [6.07, 6.45) is -0.998. The average molecular weight is 335 g/mol. The standard InChI is InChI=1S/C18H25NO5/c1-11(2)18(5,10-16(21)22)19-17(23)13(4)24-15-8-6-7-14(9-15)12(3)20/h6-9,11,13H,10H2,1-5H3,(H,19,23)(H,21,22). The number of Topliss-reactive ketones (excluding diaryl/α,β-unsaturated/α-hetero) is 1. The first-order valence-electron chi connectivity index (χ1n) is 7.86. The highest BCUT2D eigenvalue weighted by Crippen LogP contribution is 2.22. The van der Waals surface area contributed by atoms with E-state index in [1.54, 1.807) is 38.1 Å². The van der Waals surface area contributed by atoms with E-state index >= 15 is 0 Å². The van der Waals surface area contributed by atoms with Gasteiger partial charge in [0.25, 0.3) is 5.91 Å². The maximum absolute atomic E-state index is 12.4. The molecule has 24 heavy (non-hydrogen) atoms. The van der Waals surface area contributed by atoms with E-state index in [-0.39, 0.29) is 18.1 Å². The highest BCUT2D eigenvalue weighted by atomic mass is 16.5. The smallest absolute Gasteiger partial charge is 0.305 e. The molecule has 132 valence electrons. The molecule has 2 N–H and O–H groups in total. The summed E-state index contributed by atoms with van der Waals surface area (Å²) in [6.45, 7) is 8.44. The van der Waals surface area contributed by atoms with Gasteiger partial charge < -0.3 is 15.2 Å². The monoisotopic (exact) mass is 335 g/mol. The molecule has 0 spiro atoms. The van der Waals surface area contributed by atoms with Crippen molar-refractivity contribution in [1.82, 2.24) is 5.32 Å². The van der Waals surface area contributed by atoms with E-state index < -0.39 is 23.5 Å². The topological polar surface area (TPSA) is 92.7 Å². The van der Waals surface area contributed by atoms with Crippen LogP contribution in [0.2, 0.25) is 0 Å². The Morgan fingerprint density at radius 2 is 1.88 bits per heavy atom. The fraction of sp³-hybridized carbons (Fsp3) is 0.500. The Labute approximate surface area is 142 Å². The second-order valence-corrected chi connectivity index (χ2v) is 6.48. The Balaban J connectivity index is 2.81. The van der Waals surface area contributed by atoms with E-state index in [2.05, 4.69) is 5.32 Å². The van der Waals surface area contributed by atoms with Crippen molar-refractivity contribution in [2.45, 2.75) is 52.7 Å². The number of carboxylic acids is 1.